The van der Waals surface area contributed by atoms with Crippen LogP contribution in [-0.2, 0) is 0 Å². The van der Waals surface area contributed by atoms with E-state index in [-0.39, 0.29) is 5.78 Å². The van der Waals surface area contributed by atoms with Crippen molar-refractivity contribution in [2.75, 3.05) is 0 Å². The van der Waals surface area contributed by atoms with Crippen molar-refractivity contribution in [1.29, 1.82) is 0 Å². The summed E-state index contributed by atoms with van der Waals surface area (Å²) in [6.07, 6.45) is 0. The molecule has 3 rings (SSSR count). The minimum absolute atomic E-state index is 0.143. The number of benzene rings is 2. The second-order valence-electron chi connectivity index (χ2n) is 4.37. The predicted octanol–water partition coefficient (Wildman–Crippen LogP) is 5.36. The van der Waals surface area contributed by atoms with Crippen LogP contribution in [-0.4, -0.2) is 10.8 Å². The topological polar surface area (TPSA) is 32.9 Å². The van der Waals surface area contributed by atoms with Crippen LogP contribution >= 0.6 is 34.8 Å². The number of H-pyrrole nitrogens is 1. The lowest BCUT2D eigenvalue weighted by atomic mass is 10.1. The van der Waals surface area contributed by atoms with Gasteiger partial charge in [-0.15, -0.1) is 0 Å². The van der Waals surface area contributed by atoms with Crippen LogP contribution in [0.4, 0.5) is 0 Å². The molecule has 0 aliphatic carbocycles. The zero-order chi connectivity index (χ0) is 14.3. The van der Waals surface area contributed by atoms with E-state index < -0.39 is 0 Å². The number of nitrogens with one attached hydrogen (secondary N) is 1. The highest BCUT2D eigenvalue weighted by molar-refractivity contribution is 6.42. The van der Waals surface area contributed by atoms with Crippen molar-refractivity contribution in [2.24, 2.45) is 0 Å². The van der Waals surface area contributed by atoms with E-state index in [1.54, 1.807) is 36.4 Å². The summed E-state index contributed by atoms with van der Waals surface area (Å²) in [5.74, 6) is -0.143. The molecule has 0 saturated heterocycles. The van der Waals surface area contributed by atoms with Gasteiger partial charge >= 0.3 is 0 Å². The predicted molar refractivity (Wildman–Crippen MR) is 83.2 cm³/mol. The van der Waals surface area contributed by atoms with E-state index in [9.17, 15) is 4.79 Å². The second kappa shape index (κ2) is 5.13. The number of carbonyl (C=O) groups excluding carboxylic acids is 1. The minimum Gasteiger partial charge on any atom is -0.352 e. The van der Waals surface area contributed by atoms with Crippen LogP contribution in [0.15, 0.2) is 42.5 Å². The molecule has 0 unspecified atom stereocenters. The molecule has 3 aromatic rings. The first kappa shape index (κ1) is 13.5. The number of carbonyl (C=O) groups is 1. The fraction of sp³-hybridized carbons (Fsp3) is 0. The van der Waals surface area contributed by atoms with Gasteiger partial charge in [-0.3, -0.25) is 4.79 Å². The van der Waals surface area contributed by atoms with Crippen LogP contribution < -0.4 is 0 Å². The standard InChI is InChI=1S/C15H8Cl3NO/c16-10-3-1-8-6-14(19-13(8)7-10)15(20)9-2-4-11(17)12(18)5-9/h1-7,19H. The van der Waals surface area contributed by atoms with Gasteiger partial charge in [0.25, 0.3) is 0 Å². The Morgan fingerprint density at radius 2 is 1.70 bits per heavy atom. The molecule has 0 radical (unpaired) electrons. The molecular formula is C15H8Cl3NO. The summed E-state index contributed by atoms with van der Waals surface area (Å²) in [4.78, 5) is 15.5. The number of hydrogen-bond donors (Lipinski definition) is 1. The molecule has 2 nitrogen and oxygen atoms in total. The van der Waals surface area contributed by atoms with Gasteiger partial charge in [0.1, 0.15) is 0 Å². The molecule has 20 heavy (non-hydrogen) atoms. The Morgan fingerprint density at radius 3 is 2.45 bits per heavy atom. The van der Waals surface area contributed by atoms with Crippen molar-refractivity contribution in [2.45, 2.75) is 0 Å². The summed E-state index contributed by atoms with van der Waals surface area (Å²) in [6, 6.07) is 12.0. The molecule has 100 valence electrons. The normalized spacial score (nSPS) is 10.9. The molecule has 0 aliphatic heterocycles. The fourth-order valence-electron chi connectivity index (χ4n) is 2.01. The van der Waals surface area contributed by atoms with Gasteiger partial charge in [-0.1, -0.05) is 40.9 Å². The molecule has 0 saturated carbocycles. The SMILES string of the molecule is O=C(c1ccc(Cl)c(Cl)c1)c1cc2ccc(Cl)cc2[nH]1. The molecule has 5 heteroatoms. The smallest absolute Gasteiger partial charge is 0.209 e. The largest absolute Gasteiger partial charge is 0.352 e. The van der Waals surface area contributed by atoms with Crippen LogP contribution in [0.25, 0.3) is 10.9 Å². The first-order valence-electron chi connectivity index (χ1n) is 5.82. The minimum atomic E-state index is -0.143. The van der Waals surface area contributed by atoms with Crippen LogP contribution in [0.2, 0.25) is 15.1 Å². The summed E-state index contributed by atoms with van der Waals surface area (Å²) in [7, 11) is 0. The molecule has 1 aromatic heterocycles. The molecule has 1 heterocycles. The molecule has 0 atom stereocenters. The van der Waals surface area contributed by atoms with Crippen LogP contribution in [0.3, 0.4) is 0 Å². The molecular weight excluding hydrogens is 317 g/mol. The number of aromatic amines is 1. The third-order valence-corrected chi connectivity index (χ3v) is 3.99. The molecule has 0 spiro atoms. The average Bonchev–Trinajstić information content (AvgIpc) is 2.84. The third-order valence-electron chi connectivity index (χ3n) is 3.01. The number of rotatable bonds is 2. The molecule has 1 N–H and O–H groups in total. The Kier molecular flexibility index (Phi) is 3.47. The Hall–Kier alpha value is -1.48. The number of halogens is 3. The van der Waals surface area contributed by atoms with E-state index in [0.717, 1.165) is 10.9 Å². The van der Waals surface area contributed by atoms with E-state index >= 15 is 0 Å². The summed E-state index contributed by atoms with van der Waals surface area (Å²) < 4.78 is 0. The van der Waals surface area contributed by atoms with E-state index in [4.69, 9.17) is 34.8 Å². The fourth-order valence-corrected chi connectivity index (χ4v) is 2.48. The highest BCUT2D eigenvalue weighted by Crippen LogP contribution is 2.25. The maximum atomic E-state index is 12.4. The van der Waals surface area contributed by atoms with Crippen LogP contribution in [0.1, 0.15) is 16.1 Å². The van der Waals surface area contributed by atoms with Crippen LogP contribution in [0, 0.1) is 0 Å². The van der Waals surface area contributed by atoms with Gasteiger partial charge in [0.15, 0.2) is 0 Å². The first-order valence-corrected chi connectivity index (χ1v) is 6.96. The number of hydrogen-bond acceptors (Lipinski definition) is 1. The van der Waals surface area contributed by atoms with Gasteiger partial charge in [0, 0.05) is 21.5 Å². The highest BCUT2D eigenvalue weighted by atomic mass is 35.5. The van der Waals surface area contributed by atoms with Gasteiger partial charge in [-0.25, -0.2) is 0 Å². The van der Waals surface area contributed by atoms with Gasteiger partial charge in [-0.05, 0) is 36.4 Å². The van der Waals surface area contributed by atoms with E-state index in [0.29, 0.717) is 26.3 Å². The maximum absolute atomic E-state index is 12.4. The van der Waals surface area contributed by atoms with Gasteiger partial charge < -0.3 is 4.98 Å². The number of fused-ring (bicyclic) bond motifs is 1. The molecule has 2 aromatic carbocycles. The van der Waals surface area contributed by atoms with Crippen molar-refractivity contribution < 1.29 is 4.79 Å². The quantitative estimate of drug-likeness (QED) is 0.632. The zero-order valence-electron chi connectivity index (χ0n) is 10.1. The Labute approximate surface area is 130 Å². The first-order chi connectivity index (χ1) is 9.54. The van der Waals surface area contributed by atoms with E-state index in [1.807, 2.05) is 6.07 Å². The zero-order valence-corrected chi connectivity index (χ0v) is 12.4. The van der Waals surface area contributed by atoms with Crippen LogP contribution in [0.5, 0.6) is 0 Å². The monoisotopic (exact) mass is 323 g/mol. The summed E-state index contributed by atoms with van der Waals surface area (Å²) in [6.45, 7) is 0. The summed E-state index contributed by atoms with van der Waals surface area (Å²) >= 11 is 17.7. The number of aromatic nitrogens is 1. The van der Waals surface area contributed by atoms with Gasteiger partial charge in [0.05, 0.1) is 15.7 Å². The number of ketones is 1. The molecule has 0 fully saturated rings. The van der Waals surface area contributed by atoms with Crippen molar-refractivity contribution in [1.82, 2.24) is 4.98 Å². The lowest BCUT2D eigenvalue weighted by Crippen LogP contribution is -2.01. The Bertz CT molecular complexity index is 823. The molecule has 0 aliphatic rings. The van der Waals surface area contributed by atoms with Crippen molar-refractivity contribution in [3.05, 3.63) is 68.8 Å². The summed E-state index contributed by atoms with van der Waals surface area (Å²) in [5, 5.41) is 2.33. The van der Waals surface area contributed by atoms with E-state index in [2.05, 4.69) is 4.98 Å². The highest BCUT2D eigenvalue weighted by Gasteiger charge is 2.13. The molecule has 0 amide bonds. The van der Waals surface area contributed by atoms with Crippen molar-refractivity contribution in [3.63, 3.8) is 0 Å². The van der Waals surface area contributed by atoms with Gasteiger partial charge in [0.2, 0.25) is 5.78 Å². The van der Waals surface area contributed by atoms with Crippen molar-refractivity contribution >= 4 is 51.5 Å². The lowest BCUT2D eigenvalue weighted by Gasteiger charge is -2.00. The third kappa shape index (κ3) is 2.42. The second-order valence-corrected chi connectivity index (χ2v) is 5.62. The summed E-state index contributed by atoms with van der Waals surface area (Å²) in [5.41, 5.74) is 1.79. The van der Waals surface area contributed by atoms with E-state index in [1.165, 1.54) is 0 Å². The maximum Gasteiger partial charge on any atom is 0.209 e. The average molecular weight is 325 g/mol. The van der Waals surface area contributed by atoms with Crippen molar-refractivity contribution in [3.8, 4) is 0 Å². The lowest BCUT2D eigenvalue weighted by molar-refractivity contribution is 0.103. The Morgan fingerprint density at radius 1 is 0.900 bits per heavy atom. The Balaban J connectivity index is 2.05. The molecule has 0 bridgehead atoms. The van der Waals surface area contributed by atoms with Gasteiger partial charge in [-0.2, -0.15) is 0 Å².